The number of benzene rings is 1. The molecule has 2 aliphatic rings. The number of hydrazone groups is 1. The molecule has 1 fully saturated rings. The summed E-state index contributed by atoms with van der Waals surface area (Å²) in [6.45, 7) is 0. The quantitative estimate of drug-likeness (QED) is 0.850. The molecular weight excluding hydrogens is 346 g/mol. The standard InChI is InChI=1S/C16H19N3O5S/c1-24-13-4-2-3-11(9-13)17-16(21)14-5-6-15(20)19(18-14)12-7-8-25(22,23)10-12/h2-4,9,12H,5-8,10H2,1H3,(H,17,21). The van der Waals surface area contributed by atoms with Crippen LogP contribution < -0.4 is 10.1 Å². The van der Waals surface area contributed by atoms with Crippen LogP contribution in [0.2, 0.25) is 0 Å². The van der Waals surface area contributed by atoms with E-state index in [-0.39, 0.29) is 36.0 Å². The van der Waals surface area contributed by atoms with Gasteiger partial charge in [0.15, 0.2) is 9.84 Å². The summed E-state index contributed by atoms with van der Waals surface area (Å²) in [7, 11) is -1.61. The predicted octanol–water partition coefficient (Wildman–Crippen LogP) is 0.799. The number of hydrogen-bond acceptors (Lipinski definition) is 6. The summed E-state index contributed by atoms with van der Waals surface area (Å²) in [5.74, 6) is -0.113. The van der Waals surface area contributed by atoms with E-state index in [0.29, 0.717) is 17.9 Å². The van der Waals surface area contributed by atoms with Crippen LogP contribution in [-0.4, -0.2) is 55.6 Å². The molecule has 1 saturated heterocycles. The minimum atomic E-state index is -3.14. The van der Waals surface area contributed by atoms with Gasteiger partial charge in [-0.05, 0) is 18.6 Å². The maximum Gasteiger partial charge on any atom is 0.271 e. The number of carbonyl (C=O) groups excluding carboxylic acids is 2. The topological polar surface area (TPSA) is 105 Å². The maximum atomic E-state index is 12.4. The first-order valence-electron chi connectivity index (χ1n) is 7.93. The Morgan fingerprint density at radius 3 is 2.84 bits per heavy atom. The molecule has 25 heavy (non-hydrogen) atoms. The van der Waals surface area contributed by atoms with Gasteiger partial charge in [0.05, 0.1) is 24.7 Å². The lowest BCUT2D eigenvalue weighted by Gasteiger charge is -2.27. The third kappa shape index (κ3) is 3.98. The van der Waals surface area contributed by atoms with Crippen LogP contribution in [0.4, 0.5) is 5.69 Å². The van der Waals surface area contributed by atoms with E-state index >= 15 is 0 Å². The average Bonchev–Trinajstić information content (AvgIpc) is 2.95. The normalized spacial score (nSPS) is 22.4. The molecule has 8 nitrogen and oxygen atoms in total. The summed E-state index contributed by atoms with van der Waals surface area (Å²) in [5.41, 5.74) is 0.769. The van der Waals surface area contributed by atoms with E-state index in [1.807, 2.05) is 0 Å². The lowest BCUT2D eigenvalue weighted by atomic mass is 10.1. The summed E-state index contributed by atoms with van der Waals surface area (Å²) in [4.78, 5) is 24.5. The number of amides is 2. The highest BCUT2D eigenvalue weighted by molar-refractivity contribution is 7.91. The number of nitrogens with zero attached hydrogens (tertiary/aromatic N) is 2. The third-order valence-electron chi connectivity index (χ3n) is 4.20. The van der Waals surface area contributed by atoms with Gasteiger partial charge in [-0.25, -0.2) is 13.4 Å². The van der Waals surface area contributed by atoms with E-state index in [2.05, 4.69) is 10.4 Å². The summed E-state index contributed by atoms with van der Waals surface area (Å²) in [6.07, 6.45) is 0.716. The molecule has 0 bridgehead atoms. The van der Waals surface area contributed by atoms with Gasteiger partial charge >= 0.3 is 0 Å². The zero-order valence-electron chi connectivity index (χ0n) is 13.8. The second kappa shape index (κ2) is 6.83. The lowest BCUT2D eigenvalue weighted by Crippen LogP contribution is -2.42. The zero-order valence-corrected chi connectivity index (χ0v) is 14.6. The van der Waals surface area contributed by atoms with Crippen molar-refractivity contribution in [2.75, 3.05) is 23.9 Å². The van der Waals surface area contributed by atoms with Gasteiger partial charge < -0.3 is 10.1 Å². The summed E-state index contributed by atoms with van der Waals surface area (Å²) < 4.78 is 28.4. The van der Waals surface area contributed by atoms with Crippen LogP contribution >= 0.6 is 0 Å². The number of nitrogens with one attached hydrogen (secondary N) is 1. The molecule has 0 saturated carbocycles. The fraction of sp³-hybridized carbons (Fsp3) is 0.438. The monoisotopic (exact) mass is 365 g/mol. The number of anilines is 1. The van der Waals surface area contributed by atoms with Crippen LogP contribution in [0.25, 0.3) is 0 Å². The van der Waals surface area contributed by atoms with Gasteiger partial charge in [0.25, 0.3) is 5.91 Å². The van der Waals surface area contributed by atoms with Crippen molar-refractivity contribution < 1.29 is 22.7 Å². The number of sulfone groups is 1. The van der Waals surface area contributed by atoms with Crippen molar-refractivity contribution in [3.63, 3.8) is 0 Å². The minimum Gasteiger partial charge on any atom is -0.497 e. The van der Waals surface area contributed by atoms with Crippen molar-refractivity contribution in [2.24, 2.45) is 5.10 Å². The summed E-state index contributed by atoms with van der Waals surface area (Å²) >= 11 is 0. The van der Waals surface area contributed by atoms with Gasteiger partial charge in [0.2, 0.25) is 5.91 Å². The van der Waals surface area contributed by atoms with Crippen molar-refractivity contribution in [3.8, 4) is 5.75 Å². The molecule has 0 aromatic heterocycles. The number of hydrogen-bond donors (Lipinski definition) is 1. The van der Waals surface area contributed by atoms with Crippen LogP contribution in [-0.2, 0) is 19.4 Å². The smallest absolute Gasteiger partial charge is 0.271 e. The Balaban J connectivity index is 1.75. The highest BCUT2D eigenvalue weighted by Crippen LogP contribution is 2.23. The first kappa shape index (κ1) is 17.4. The molecule has 134 valence electrons. The number of methoxy groups -OCH3 is 1. The molecule has 2 heterocycles. The van der Waals surface area contributed by atoms with Crippen molar-refractivity contribution in [2.45, 2.75) is 25.3 Å². The molecule has 0 aliphatic carbocycles. The number of ether oxygens (including phenoxy) is 1. The second-order valence-electron chi connectivity index (χ2n) is 6.03. The van der Waals surface area contributed by atoms with Gasteiger partial charge in [0.1, 0.15) is 11.5 Å². The van der Waals surface area contributed by atoms with E-state index in [4.69, 9.17) is 4.74 Å². The number of rotatable bonds is 4. The third-order valence-corrected chi connectivity index (χ3v) is 5.95. The second-order valence-corrected chi connectivity index (χ2v) is 8.26. The van der Waals surface area contributed by atoms with Crippen LogP contribution in [0.1, 0.15) is 19.3 Å². The van der Waals surface area contributed by atoms with Crippen molar-refractivity contribution in [1.82, 2.24) is 5.01 Å². The molecule has 0 radical (unpaired) electrons. The van der Waals surface area contributed by atoms with Gasteiger partial charge in [0, 0.05) is 24.6 Å². The molecule has 1 N–H and O–H groups in total. The Morgan fingerprint density at radius 2 is 2.16 bits per heavy atom. The van der Waals surface area contributed by atoms with E-state index in [1.165, 1.54) is 12.1 Å². The molecule has 3 rings (SSSR count). The first-order chi connectivity index (χ1) is 11.9. The van der Waals surface area contributed by atoms with Gasteiger partial charge in [-0.15, -0.1) is 0 Å². The van der Waals surface area contributed by atoms with Crippen LogP contribution in [0.5, 0.6) is 5.75 Å². The largest absolute Gasteiger partial charge is 0.497 e. The molecule has 2 amide bonds. The Labute approximate surface area is 145 Å². The molecule has 1 unspecified atom stereocenters. The van der Waals surface area contributed by atoms with Gasteiger partial charge in [-0.3, -0.25) is 9.59 Å². The fourth-order valence-electron chi connectivity index (χ4n) is 2.89. The Hall–Kier alpha value is -2.42. The Bertz CT molecular complexity index is 834. The molecule has 1 atom stereocenters. The molecule has 1 aromatic rings. The Morgan fingerprint density at radius 1 is 1.36 bits per heavy atom. The lowest BCUT2D eigenvalue weighted by molar-refractivity contribution is -0.133. The molecular formula is C16H19N3O5S. The van der Waals surface area contributed by atoms with Crippen LogP contribution in [0.3, 0.4) is 0 Å². The highest BCUT2D eigenvalue weighted by Gasteiger charge is 2.37. The van der Waals surface area contributed by atoms with Gasteiger partial charge in [-0.1, -0.05) is 6.07 Å². The van der Waals surface area contributed by atoms with E-state index in [0.717, 1.165) is 0 Å². The van der Waals surface area contributed by atoms with E-state index < -0.39 is 21.8 Å². The highest BCUT2D eigenvalue weighted by atomic mass is 32.2. The summed E-state index contributed by atoms with van der Waals surface area (Å²) in [5, 5.41) is 8.04. The Kier molecular flexibility index (Phi) is 4.76. The molecule has 9 heteroatoms. The molecule has 1 aromatic carbocycles. The van der Waals surface area contributed by atoms with Crippen molar-refractivity contribution in [3.05, 3.63) is 24.3 Å². The van der Waals surface area contributed by atoms with Crippen LogP contribution in [0.15, 0.2) is 29.4 Å². The SMILES string of the molecule is COc1cccc(NC(=O)C2=NN(C3CCS(=O)(=O)C3)C(=O)CC2)c1. The minimum absolute atomic E-state index is 0.0440. The predicted molar refractivity (Wildman–Crippen MR) is 92.2 cm³/mol. The zero-order chi connectivity index (χ0) is 18.0. The molecule has 2 aliphatic heterocycles. The fourth-order valence-corrected chi connectivity index (χ4v) is 4.58. The molecule has 0 spiro atoms. The van der Waals surface area contributed by atoms with E-state index in [1.54, 1.807) is 24.3 Å². The van der Waals surface area contributed by atoms with Crippen LogP contribution in [0, 0.1) is 0 Å². The summed E-state index contributed by atoms with van der Waals surface area (Å²) in [6, 6.07) is 6.41. The van der Waals surface area contributed by atoms with Crippen molar-refractivity contribution >= 4 is 33.1 Å². The van der Waals surface area contributed by atoms with Crippen molar-refractivity contribution in [1.29, 1.82) is 0 Å². The first-order valence-corrected chi connectivity index (χ1v) is 9.75. The van der Waals surface area contributed by atoms with E-state index in [9.17, 15) is 18.0 Å². The number of carbonyl (C=O) groups is 2. The average molecular weight is 365 g/mol. The maximum absolute atomic E-state index is 12.4. The van der Waals surface area contributed by atoms with Gasteiger partial charge in [-0.2, -0.15) is 5.10 Å².